The van der Waals surface area contributed by atoms with E-state index in [2.05, 4.69) is 52.2 Å². The number of rotatable bonds is 8. The first-order valence-electron chi connectivity index (χ1n) is 13.1. The van der Waals surface area contributed by atoms with Gasteiger partial charge in [-0.2, -0.15) is 0 Å². The van der Waals surface area contributed by atoms with E-state index in [9.17, 15) is 9.59 Å². The molecule has 2 N–H and O–H groups in total. The Kier molecular flexibility index (Phi) is 8.49. The number of aromatic nitrogens is 2. The zero-order valence-corrected chi connectivity index (χ0v) is 23.7. The van der Waals surface area contributed by atoms with Gasteiger partial charge in [0.2, 0.25) is 0 Å². The van der Waals surface area contributed by atoms with Crippen molar-refractivity contribution in [2.45, 2.75) is 72.0 Å². The molecule has 7 nitrogen and oxygen atoms in total. The zero-order valence-electron chi connectivity index (χ0n) is 22.9. The van der Waals surface area contributed by atoms with E-state index in [4.69, 9.17) is 0 Å². The molecule has 8 heteroatoms. The van der Waals surface area contributed by atoms with Crippen LogP contribution in [-0.4, -0.2) is 53.5 Å². The number of pyridine rings is 1. The molecular weight excluding hydrogens is 482 g/mol. The van der Waals surface area contributed by atoms with E-state index < -0.39 is 0 Å². The predicted molar refractivity (Wildman–Crippen MR) is 153 cm³/mol. The van der Waals surface area contributed by atoms with Gasteiger partial charge in [0.05, 0.1) is 11.2 Å². The van der Waals surface area contributed by atoms with Crippen molar-refractivity contribution in [2.24, 2.45) is 0 Å². The highest BCUT2D eigenvalue weighted by atomic mass is 32.1. The van der Waals surface area contributed by atoms with Crippen molar-refractivity contribution in [1.82, 2.24) is 20.2 Å². The SMILES string of the molecule is CCN(c1cc(-c2cscn2)cc(C(=O)NCc2c(C)cc(C)[nH]c2=O)c1C)C1CCC(N(C)C)CC1. The van der Waals surface area contributed by atoms with Crippen LogP contribution >= 0.6 is 11.3 Å². The molecule has 1 aliphatic carbocycles. The zero-order chi connectivity index (χ0) is 26.7. The largest absolute Gasteiger partial charge is 0.369 e. The Hall–Kier alpha value is -2.97. The van der Waals surface area contributed by atoms with Gasteiger partial charge < -0.3 is 20.1 Å². The molecule has 2 aromatic heterocycles. The molecule has 37 heavy (non-hydrogen) atoms. The van der Waals surface area contributed by atoms with Gasteiger partial charge in [-0.25, -0.2) is 4.98 Å². The summed E-state index contributed by atoms with van der Waals surface area (Å²) in [7, 11) is 4.34. The van der Waals surface area contributed by atoms with Crippen LogP contribution in [0.2, 0.25) is 0 Å². The second kappa shape index (κ2) is 11.6. The standard InChI is InChI=1S/C29H39N5O2S/c1-7-34(23-10-8-22(9-11-23)33(5)6)27-14-21(26-16-37-17-31-26)13-24(20(27)4)28(35)30-15-25-18(2)12-19(3)32-29(25)36/h12-14,16-17,22-23H,7-11,15H2,1-6H3,(H,30,35)(H,32,36). The topological polar surface area (TPSA) is 81.3 Å². The van der Waals surface area contributed by atoms with Gasteiger partial charge in [-0.15, -0.1) is 11.3 Å². The van der Waals surface area contributed by atoms with E-state index in [-0.39, 0.29) is 18.0 Å². The first-order valence-corrected chi connectivity index (χ1v) is 14.1. The minimum atomic E-state index is -0.178. The van der Waals surface area contributed by atoms with Crippen LogP contribution in [0.1, 0.15) is 65.3 Å². The number of carbonyl (C=O) groups excluding carboxylic acids is 1. The van der Waals surface area contributed by atoms with Gasteiger partial charge in [-0.1, -0.05) is 0 Å². The maximum Gasteiger partial charge on any atom is 0.253 e. The second-order valence-electron chi connectivity index (χ2n) is 10.4. The molecule has 0 saturated heterocycles. The van der Waals surface area contributed by atoms with Crippen LogP contribution in [0.25, 0.3) is 11.3 Å². The van der Waals surface area contributed by atoms with Crippen molar-refractivity contribution in [3.05, 3.63) is 67.4 Å². The number of nitrogens with zero attached hydrogens (tertiary/aromatic N) is 3. The third-order valence-corrected chi connectivity index (χ3v) is 8.35. The third-order valence-electron chi connectivity index (χ3n) is 7.76. The maximum atomic E-state index is 13.5. The van der Waals surface area contributed by atoms with E-state index in [1.54, 1.807) is 11.3 Å². The number of thiazole rings is 1. The Labute approximate surface area is 223 Å². The summed E-state index contributed by atoms with van der Waals surface area (Å²) in [5, 5.41) is 5.03. The van der Waals surface area contributed by atoms with Crippen molar-refractivity contribution >= 4 is 22.9 Å². The summed E-state index contributed by atoms with van der Waals surface area (Å²) in [6.07, 6.45) is 4.62. The maximum absolute atomic E-state index is 13.5. The fraction of sp³-hybridized carbons (Fsp3) is 0.483. The number of nitrogens with one attached hydrogen (secondary N) is 2. The molecule has 3 aromatic rings. The van der Waals surface area contributed by atoms with Crippen LogP contribution in [0.15, 0.2) is 33.9 Å². The monoisotopic (exact) mass is 521 g/mol. The Bertz CT molecular complexity index is 1290. The molecule has 1 aliphatic rings. The highest BCUT2D eigenvalue weighted by Crippen LogP contribution is 2.35. The molecule has 0 spiro atoms. The number of amides is 1. The third kappa shape index (κ3) is 5.96. The molecule has 198 valence electrons. The fourth-order valence-electron chi connectivity index (χ4n) is 5.61. The lowest BCUT2D eigenvalue weighted by atomic mass is 9.88. The van der Waals surface area contributed by atoms with E-state index >= 15 is 0 Å². The summed E-state index contributed by atoms with van der Waals surface area (Å²) in [6, 6.07) is 7.13. The molecule has 0 unspecified atom stereocenters. The minimum absolute atomic E-state index is 0.156. The van der Waals surface area contributed by atoms with E-state index in [1.807, 2.05) is 43.8 Å². The van der Waals surface area contributed by atoms with Crippen LogP contribution in [0.3, 0.4) is 0 Å². The lowest BCUT2D eigenvalue weighted by molar-refractivity contribution is 0.0950. The fourth-order valence-corrected chi connectivity index (χ4v) is 6.17. The Balaban J connectivity index is 1.66. The number of H-pyrrole nitrogens is 1. The molecule has 0 atom stereocenters. The number of hydrogen-bond acceptors (Lipinski definition) is 6. The van der Waals surface area contributed by atoms with Gasteiger partial charge >= 0.3 is 0 Å². The van der Waals surface area contributed by atoms with Crippen LogP contribution < -0.4 is 15.8 Å². The average molecular weight is 522 g/mol. The lowest BCUT2D eigenvalue weighted by Gasteiger charge is -2.40. The van der Waals surface area contributed by atoms with Crippen molar-refractivity contribution < 1.29 is 4.79 Å². The van der Waals surface area contributed by atoms with Gasteiger partial charge in [-0.05, 0) is 96.8 Å². The van der Waals surface area contributed by atoms with Crippen LogP contribution in [0, 0.1) is 20.8 Å². The average Bonchev–Trinajstić information content (AvgIpc) is 3.40. The van der Waals surface area contributed by atoms with Crippen molar-refractivity contribution in [3.8, 4) is 11.3 Å². The molecule has 1 aromatic carbocycles. The summed E-state index contributed by atoms with van der Waals surface area (Å²) in [6.45, 7) is 9.05. The lowest BCUT2D eigenvalue weighted by Crippen LogP contribution is -2.42. The molecule has 0 bridgehead atoms. The number of aryl methyl sites for hydroxylation is 2. The summed E-state index contributed by atoms with van der Waals surface area (Å²) in [5.41, 5.74) is 8.43. The van der Waals surface area contributed by atoms with Crippen molar-refractivity contribution in [3.63, 3.8) is 0 Å². The number of aromatic amines is 1. The van der Waals surface area contributed by atoms with Gasteiger partial charge in [-0.3, -0.25) is 9.59 Å². The molecule has 1 fully saturated rings. The number of benzene rings is 1. The normalized spacial score (nSPS) is 17.7. The summed E-state index contributed by atoms with van der Waals surface area (Å²) in [4.78, 5) is 38.2. The van der Waals surface area contributed by atoms with Crippen LogP contribution in [0.5, 0.6) is 0 Å². The van der Waals surface area contributed by atoms with E-state index in [1.165, 1.54) is 12.8 Å². The first-order chi connectivity index (χ1) is 17.7. The van der Waals surface area contributed by atoms with Gasteiger partial charge in [0, 0.05) is 58.6 Å². The summed E-state index contributed by atoms with van der Waals surface area (Å²) >= 11 is 1.55. The summed E-state index contributed by atoms with van der Waals surface area (Å²) < 4.78 is 0. The molecule has 0 aliphatic heterocycles. The Morgan fingerprint density at radius 1 is 1.11 bits per heavy atom. The quantitative estimate of drug-likeness (QED) is 0.433. The summed E-state index contributed by atoms with van der Waals surface area (Å²) in [5.74, 6) is -0.178. The first kappa shape index (κ1) is 27.1. The van der Waals surface area contributed by atoms with Crippen LogP contribution in [0.4, 0.5) is 5.69 Å². The number of hydrogen-bond donors (Lipinski definition) is 2. The highest BCUT2D eigenvalue weighted by molar-refractivity contribution is 7.07. The second-order valence-corrected chi connectivity index (χ2v) is 11.1. The van der Waals surface area contributed by atoms with Gasteiger partial charge in [0.15, 0.2) is 0 Å². The molecule has 1 amide bonds. The predicted octanol–water partition coefficient (Wildman–Crippen LogP) is 5.05. The highest BCUT2D eigenvalue weighted by Gasteiger charge is 2.28. The van der Waals surface area contributed by atoms with E-state index in [0.717, 1.165) is 53.2 Å². The van der Waals surface area contributed by atoms with Crippen LogP contribution in [-0.2, 0) is 6.54 Å². The Morgan fingerprint density at radius 2 is 1.81 bits per heavy atom. The molecule has 2 heterocycles. The van der Waals surface area contributed by atoms with Crippen molar-refractivity contribution in [1.29, 1.82) is 0 Å². The van der Waals surface area contributed by atoms with Gasteiger partial charge in [0.1, 0.15) is 0 Å². The van der Waals surface area contributed by atoms with E-state index in [0.29, 0.717) is 23.2 Å². The number of carbonyl (C=O) groups is 1. The molecule has 0 radical (unpaired) electrons. The molecule has 1 saturated carbocycles. The van der Waals surface area contributed by atoms with Gasteiger partial charge in [0.25, 0.3) is 11.5 Å². The number of anilines is 1. The Morgan fingerprint density at radius 3 is 2.41 bits per heavy atom. The van der Waals surface area contributed by atoms with Crippen molar-refractivity contribution in [2.75, 3.05) is 25.5 Å². The molecule has 4 rings (SSSR count). The minimum Gasteiger partial charge on any atom is -0.369 e. The smallest absolute Gasteiger partial charge is 0.253 e. The molecular formula is C29H39N5O2S.